The number of nitrogens with zero attached hydrogens (tertiary/aromatic N) is 2. The van der Waals surface area contributed by atoms with Crippen LogP contribution in [0.25, 0.3) is 0 Å². The number of piperidine rings is 2. The largest absolute Gasteiger partial charge is 0.434 e. The van der Waals surface area contributed by atoms with Crippen molar-refractivity contribution in [2.45, 2.75) is 38.1 Å². The van der Waals surface area contributed by atoms with Gasteiger partial charge in [0.1, 0.15) is 5.75 Å². The van der Waals surface area contributed by atoms with E-state index in [2.05, 4.69) is 4.74 Å². The molecular formula is C21H26F2N2O5. The van der Waals surface area contributed by atoms with Crippen LogP contribution >= 0.6 is 0 Å². The zero-order chi connectivity index (χ0) is 21.1. The number of ether oxygens (including phenoxy) is 3. The van der Waals surface area contributed by atoms with Gasteiger partial charge in [-0.3, -0.25) is 9.59 Å². The highest BCUT2D eigenvalue weighted by atomic mass is 19.3. The molecular weight excluding hydrogens is 398 g/mol. The lowest BCUT2D eigenvalue weighted by molar-refractivity contribution is -0.188. The monoisotopic (exact) mass is 424 g/mol. The molecule has 3 saturated heterocycles. The molecule has 3 heterocycles. The summed E-state index contributed by atoms with van der Waals surface area (Å²) in [4.78, 5) is 29.4. The fraction of sp³-hybridized carbons (Fsp3) is 0.619. The molecule has 3 aliphatic rings. The molecule has 1 atom stereocenters. The highest BCUT2D eigenvalue weighted by Gasteiger charge is 2.42. The first-order valence-corrected chi connectivity index (χ1v) is 10.4. The van der Waals surface area contributed by atoms with Crippen LogP contribution in [-0.4, -0.2) is 73.4 Å². The number of hydrogen-bond acceptors (Lipinski definition) is 5. The van der Waals surface area contributed by atoms with E-state index >= 15 is 0 Å². The Kier molecular flexibility index (Phi) is 6.19. The maximum absolute atomic E-state index is 13.1. The maximum Gasteiger partial charge on any atom is 0.387 e. The van der Waals surface area contributed by atoms with Gasteiger partial charge in [-0.15, -0.1) is 0 Å². The predicted molar refractivity (Wildman–Crippen MR) is 102 cm³/mol. The average molecular weight is 424 g/mol. The number of benzene rings is 1. The third-order valence-corrected chi connectivity index (χ3v) is 6.04. The molecule has 3 fully saturated rings. The number of amides is 2. The van der Waals surface area contributed by atoms with E-state index in [0.29, 0.717) is 58.5 Å². The van der Waals surface area contributed by atoms with Crippen molar-refractivity contribution in [1.29, 1.82) is 0 Å². The maximum atomic E-state index is 13.1. The Bertz CT molecular complexity index is 774. The summed E-state index contributed by atoms with van der Waals surface area (Å²) in [5.41, 5.74) is 0.0846. The van der Waals surface area contributed by atoms with Gasteiger partial charge in [-0.2, -0.15) is 8.78 Å². The lowest BCUT2D eigenvalue weighted by Gasteiger charge is -2.40. The summed E-state index contributed by atoms with van der Waals surface area (Å²) >= 11 is 0. The van der Waals surface area contributed by atoms with Crippen molar-refractivity contribution in [2.75, 3.05) is 39.4 Å². The van der Waals surface area contributed by atoms with Gasteiger partial charge in [-0.1, -0.05) is 12.1 Å². The summed E-state index contributed by atoms with van der Waals surface area (Å²) in [6, 6.07) is 5.96. The Hall–Kier alpha value is -2.26. The molecule has 7 nitrogen and oxygen atoms in total. The van der Waals surface area contributed by atoms with Gasteiger partial charge in [0.25, 0.3) is 5.91 Å². The Balaban J connectivity index is 1.39. The van der Waals surface area contributed by atoms with Crippen molar-refractivity contribution >= 4 is 11.8 Å². The van der Waals surface area contributed by atoms with Crippen LogP contribution in [0, 0.1) is 5.92 Å². The predicted octanol–water partition coefficient (Wildman–Crippen LogP) is 2.51. The Labute approximate surface area is 173 Å². The van der Waals surface area contributed by atoms with Crippen LogP contribution in [0.5, 0.6) is 5.75 Å². The van der Waals surface area contributed by atoms with Gasteiger partial charge in [-0.05, 0) is 25.0 Å². The second-order valence-corrected chi connectivity index (χ2v) is 7.90. The molecule has 0 aliphatic carbocycles. The second kappa shape index (κ2) is 8.85. The van der Waals surface area contributed by atoms with Crippen molar-refractivity contribution in [3.8, 4) is 5.75 Å². The molecule has 1 aromatic carbocycles. The molecule has 0 aromatic heterocycles. The molecule has 1 aromatic rings. The van der Waals surface area contributed by atoms with E-state index in [4.69, 9.17) is 9.47 Å². The normalized spacial score (nSPS) is 23.8. The zero-order valence-corrected chi connectivity index (χ0v) is 16.7. The van der Waals surface area contributed by atoms with Crippen molar-refractivity contribution in [2.24, 2.45) is 5.92 Å². The van der Waals surface area contributed by atoms with Gasteiger partial charge in [-0.25, -0.2) is 0 Å². The molecule has 0 saturated carbocycles. The lowest BCUT2D eigenvalue weighted by atomic mass is 9.94. The van der Waals surface area contributed by atoms with Gasteiger partial charge in [0.15, 0.2) is 5.79 Å². The second-order valence-electron chi connectivity index (χ2n) is 7.90. The summed E-state index contributed by atoms with van der Waals surface area (Å²) in [6.07, 6.45) is 2.68. The molecule has 30 heavy (non-hydrogen) atoms. The number of hydrogen-bond donors (Lipinski definition) is 0. The average Bonchev–Trinajstić information content (AvgIpc) is 3.21. The Morgan fingerprint density at radius 3 is 2.47 bits per heavy atom. The smallest absolute Gasteiger partial charge is 0.387 e. The van der Waals surface area contributed by atoms with Gasteiger partial charge >= 0.3 is 6.61 Å². The van der Waals surface area contributed by atoms with E-state index in [1.54, 1.807) is 11.0 Å². The molecule has 1 spiro atoms. The molecule has 4 rings (SSSR count). The van der Waals surface area contributed by atoms with E-state index in [1.807, 2.05) is 4.90 Å². The number of alkyl halides is 2. The van der Waals surface area contributed by atoms with Crippen LogP contribution in [0.3, 0.4) is 0 Å². The zero-order valence-electron chi connectivity index (χ0n) is 16.7. The quantitative estimate of drug-likeness (QED) is 0.743. The fourth-order valence-electron chi connectivity index (χ4n) is 4.49. The number of carbonyl (C=O) groups is 2. The molecule has 0 unspecified atom stereocenters. The van der Waals surface area contributed by atoms with E-state index < -0.39 is 18.3 Å². The minimum atomic E-state index is -3.01. The molecule has 0 bridgehead atoms. The minimum Gasteiger partial charge on any atom is -0.434 e. The lowest BCUT2D eigenvalue weighted by Crippen LogP contribution is -2.51. The SMILES string of the molecule is O=C(c1ccccc1OC(F)F)N1CCC[C@@H](C(=O)N2CCC3(CC2)OCCO3)C1. The van der Waals surface area contributed by atoms with E-state index in [0.717, 1.165) is 0 Å². The molecule has 9 heteroatoms. The standard InChI is InChI=1S/C21H26F2N2O5/c22-20(23)30-17-6-2-1-5-16(17)19(27)25-9-3-4-15(14-25)18(26)24-10-7-21(8-11-24)28-12-13-29-21/h1-2,5-6,15,20H,3-4,7-14H2/t15-/m1/s1. The van der Waals surface area contributed by atoms with Crippen molar-refractivity contribution in [3.05, 3.63) is 29.8 Å². The van der Waals surface area contributed by atoms with Gasteiger partial charge in [0.05, 0.1) is 24.7 Å². The first-order valence-electron chi connectivity index (χ1n) is 10.4. The molecule has 0 N–H and O–H groups in total. The third-order valence-electron chi connectivity index (χ3n) is 6.04. The van der Waals surface area contributed by atoms with E-state index in [1.165, 1.54) is 18.2 Å². The fourth-order valence-corrected chi connectivity index (χ4v) is 4.49. The minimum absolute atomic E-state index is 0.0254. The van der Waals surface area contributed by atoms with Gasteiger partial charge in [0, 0.05) is 39.0 Å². The first-order chi connectivity index (χ1) is 14.5. The molecule has 164 valence electrons. The first kappa shape index (κ1) is 21.0. The van der Waals surface area contributed by atoms with Gasteiger partial charge in [0.2, 0.25) is 5.91 Å². The van der Waals surface area contributed by atoms with Crippen molar-refractivity contribution < 1.29 is 32.6 Å². The van der Waals surface area contributed by atoms with Crippen molar-refractivity contribution in [3.63, 3.8) is 0 Å². The molecule has 2 amide bonds. The number of carbonyl (C=O) groups excluding carboxylic acids is 2. The van der Waals surface area contributed by atoms with Crippen LogP contribution in [0.4, 0.5) is 8.78 Å². The Morgan fingerprint density at radius 2 is 1.77 bits per heavy atom. The van der Waals surface area contributed by atoms with Crippen LogP contribution in [0.15, 0.2) is 24.3 Å². The van der Waals surface area contributed by atoms with E-state index in [-0.39, 0.29) is 29.7 Å². The summed E-state index contributed by atoms with van der Waals surface area (Å²) in [5, 5.41) is 0. The number of rotatable bonds is 4. The summed E-state index contributed by atoms with van der Waals surface area (Å²) in [7, 11) is 0. The van der Waals surface area contributed by atoms with Gasteiger partial charge < -0.3 is 24.0 Å². The number of halogens is 2. The summed E-state index contributed by atoms with van der Waals surface area (Å²) in [6.45, 7) is 0.0493. The highest BCUT2D eigenvalue weighted by molar-refractivity contribution is 5.97. The third kappa shape index (κ3) is 4.41. The van der Waals surface area contributed by atoms with Crippen LogP contribution in [0.1, 0.15) is 36.0 Å². The number of para-hydroxylation sites is 1. The molecule has 0 radical (unpaired) electrons. The van der Waals surface area contributed by atoms with Crippen LogP contribution < -0.4 is 4.74 Å². The molecule has 3 aliphatic heterocycles. The summed E-state index contributed by atoms with van der Waals surface area (Å²) < 4.78 is 41.3. The number of likely N-dealkylation sites (tertiary alicyclic amines) is 2. The Morgan fingerprint density at radius 1 is 1.07 bits per heavy atom. The topological polar surface area (TPSA) is 68.3 Å². The van der Waals surface area contributed by atoms with E-state index in [9.17, 15) is 18.4 Å². The van der Waals surface area contributed by atoms with Crippen molar-refractivity contribution in [1.82, 2.24) is 9.80 Å². The van der Waals surface area contributed by atoms with Crippen LogP contribution in [0.2, 0.25) is 0 Å². The highest BCUT2D eigenvalue weighted by Crippen LogP contribution is 2.33. The van der Waals surface area contributed by atoms with Crippen LogP contribution in [-0.2, 0) is 14.3 Å². The summed E-state index contributed by atoms with van der Waals surface area (Å²) in [5.74, 6) is -1.36.